The minimum Gasteiger partial charge on any atom is -0.396 e. The third-order valence-electron chi connectivity index (χ3n) is 1.76. The van der Waals surface area contributed by atoms with Crippen LogP contribution < -0.4 is 11.3 Å². The molecule has 0 aliphatic heterocycles. The molecule has 9 heteroatoms. The number of nitrogens with one attached hydrogen (secondary N) is 1. The van der Waals surface area contributed by atoms with Crippen molar-refractivity contribution in [1.82, 2.24) is 24.7 Å². The van der Waals surface area contributed by atoms with Crippen molar-refractivity contribution in [3.05, 3.63) is 18.5 Å². The largest absolute Gasteiger partial charge is 0.396 e. The number of rotatable bonds is 5. The number of anilines is 1. The Labute approximate surface area is 101 Å². The van der Waals surface area contributed by atoms with E-state index in [2.05, 4.69) is 25.5 Å². The second kappa shape index (κ2) is 5.57. The topological polar surface area (TPSA) is 115 Å². The van der Waals surface area contributed by atoms with Gasteiger partial charge in [-0.2, -0.15) is 20.1 Å². The van der Waals surface area contributed by atoms with Gasteiger partial charge in [-0.3, -0.25) is 5.43 Å². The van der Waals surface area contributed by atoms with Crippen LogP contribution in [0.5, 0.6) is 0 Å². The molecule has 4 N–H and O–H groups in total. The molecule has 0 aromatic carbocycles. The van der Waals surface area contributed by atoms with E-state index in [1.807, 2.05) is 0 Å². The van der Waals surface area contributed by atoms with Gasteiger partial charge in [0.05, 0.1) is 6.61 Å². The minimum absolute atomic E-state index is 0.0544. The van der Waals surface area contributed by atoms with Crippen LogP contribution in [-0.2, 0) is 0 Å². The summed E-state index contributed by atoms with van der Waals surface area (Å²) in [6.45, 7) is 0.0544. The maximum absolute atomic E-state index is 8.76. The van der Waals surface area contributed by atoms with Crippen LogP contribution in [-0.4, -0.2) is 42.2 Å². The van der Waals surface area contributed by atoms with E-state index in [1.54, 1.807) is 18.5 Å². The Morgan fingerprint density at radius 2 is 2.29 bits per heavy atom. The van der Waals surface area contributed by atoms with Crippen LogP contribution in [0, 0.1) is 0 Å². The molecule has 0 aliphatic rings. The Morgan fingerprint density at radius 3 is 2.94 bits per heavy atom. The molecule has 0 amide bonds. The first-order valence-electron chi connectivity index (χ1n) is 4.80. The summed E-state index contributed by atoms with van der Waals surface area (Å²) in [6, 6.07) is 1.76. The lowest BCUT2D eigenvalue weighted by Crippen LogP contribution is -2.14. The molecule has 2 aromatic rings. The fourth-order valence-corrected chi connectivity index (χ4v) is 1.67. The predicted molar refractivity (Wildman–Crippen MR) is 62.6 cm³/mol. The van der Waals surface area contributed by atoms with Gasteiger partial charge < -0.3 is 5.11 Å². The summed E-state index contributed by atoms with van der Waals surface area (Å²) >= 11 is 1.31. The van der Waals surface area contributed by atoms with E-state index in [9.17, 15) is 0 Å². The third kappa shape index (κ3) is 2.90. The Hall–Kier alpha value is -1.71. The summed E-state index contributed by atoms with van der Waals surface area (Å²) in [4.78, 5) is 12.3. The molecule has 0 aliphatic carbocycles. The molecule has 0 saturated carbocycles. The summed E-state index contributed by atoms with van der Waals surface area (Å²) < 4.78 is 1.51. The van der Waals surface area contributed by atoms with Gasteiger partial charge in [0.15, 0.2) is 5.16 Å². The normalized spacial score (nSPS) is 10.5. The highest BCUT2D eigenvalue weighted by Gasteiger charge is 2.07. The van der Waals surface area contributed by atoms with Crippen molar-refractivity contribution < 1.29 is 5.11 Å². The number of aromatic nitrogens is 5. The van der Waals surface area contributed by atoms with E-state index >= 15 is 0 Å². The number of nitrogens with zero attached hydrogens (tertiary/aromatic N) is 5. The Kier molecular flexibility index (Phi) is 3.85. The van der Waals surface area contributed by atoms with Gasteiger partial charge in [-0.25, -0.2) is 10.5 Å². The van der Waals surface area contributed by atoms with Crippen LogP contribution in [0.15, 0.2) is 23.6 Å². The number of hydrogen-bond donors (Lipinski definition) is 3. The molecule has 0 bridgehead atoms. The highest BCUT2D eigenvalue weighted by molar-refractivity contribution is 7.99. The van der Waals surface area contributed by atoms with Crippen molar-refractivity contribution in [3.63, 3.8) is 0 Å². The molecule has 0 fully saturated rings. The van der Waals surface area contributed by atoms with Crippen molar-refractivity contribution in [2.24, 2.45) is 5.84 Å². The molecular weight excluding hydrogens is 242 g/mol. The van der Waals surface area contributed by atoms with Crippen LogP contribution in [0.4, 0.5) is 5.95 Å². The predicted octanol–water partition coefficient (Wildman–Crippen LogP) is -0.573. The van der Waals surface area contributed by atoms with Gasteiger partial charge in [0, 0.05) is 18.1 Å². The second-order valence-electron chi connectivity index (χ2n) is 2.91. The summed E-state index contributed by atoms with van der Waals surface area (Å²) in [6.07, 6.45) is 3.34. The van der Waals surface area contributed by atoms with Crippen LogP contribution >= 0.6 is 11.8 Å². The van der Waals surface area contributed by atoms with Crippen molar-refractivity contribution >= 4 is 17.7 Å². The highest BCUT2D eigenvalue weighted by atomic mass is 32.2. The van der Waals surface area contributed by atoms with Gasteiger partial charge >= 0.3 is 0 Å². The average molecular weight is 253 g/mol. The molecule has 8 nitrogen and oxygen atoms in total. The zero-order valence-electron chi connectivity index (χ0n) is 8.82. The lowest BCUT2D eigenvalue weighted by atomic mass is 10.7. The highest BCUT2D eigenvalue weighted by Crippen LogP contribution is 2.14. The fourth-order valence-electron chi connectivity index (χ4n) is 1.10. The molecule has 2 aromatic heterocycles. The van der Waals surface area contributed by atoms with Gasteiger partial charge in [0.1, 0.15) is 0 Å². The van der Waals surface area contributed by atoms with Crippen molar-refractivity contribution in [2.45, 2.75) is 5.16 Å². The summed E-state index contributed by atoms with van der Waals surface area (Å²) in [5.74, 6) is 6.41. The van der Waals surface area contributed by atoms with Crippen LogP contribution in [0.25, 0.3) is 5.95 Å². The van der Waals surface area contributed by atoms with Crippen molar-refractivity contribution in [2.75, 3.05) is 17.8 Å². The summed E-state index contributed by atoms with van der Waals surface area (Å²) in [5, 5.41) is 13.3. The molecule has 0 saturated heterocycles. The SMILES string of the molecule is NNc1nc(SCCO)nc(-n2cccn2)n1. The molecule has 2 rings (SSSR count). The van der Waals surface area contributed by atoms with Crippen LogP contribution in [0.3, 0.4) is 0 Å². The first-order chi connectivity index (χ1) is 8.33. The van der Waals surface area contributed by atoms with E-state index in [-0.39, 0.29) is 12.6 Å². The standard InChI is InChI=1S/C8H11N7OS/c9-14-6-11-7(15-3-1-2-10-15)13-8(12-6)17-5-4-16/h1-3,16H,4-5,9H2,(H,11,12,13,14). The van der Waals surface area contributed by atoms with E-state index < -0.39 is 0 Å². The average Bonchev–Trinajstić information content (AvgIpc) is 2.89. The zero-order chi connectivity index (χ0) is 12.1. The lowest BCUT2D eigenvalue weighted by Gasteiger charge is -2.05. The molecule has 2 heterocycles. The zero-order valence-corrected chi connectivity index (χ0v) is 9.63. The van der Waals surface area contributed by atoms with E-state index in [0.29, 0.717) is 16.9 Å². The summed E-state index contributed by atoms with van der Waals surface area (Å²) in [7, 11) is 0. The monoisotopic (exact) mass is 253 g/mol. The third-order valence-corrected chi connectivity index (χ3v) is 2.59. The maximum atomic E-state index is 8.76. The number of hydrogen-bond acceptors (Lipinski definition) is 8. The molecule has 0 radical (unpaired) electrons. The molecule has 17 heavy (non-hydrogen) atoms. The Morgan fingerprint density at radius 1 is 1.41 bits per heavy atom. The molecule has 0 atom stereocenters. The van der Waals surface area contributed by atoms with Crippen LogP contribution in [0.1, 0.15) is 0 Å². The van der Waals surface area contributed by atoms with Crippen LogP contribution in [0.2, 0.25) is 0 Å². The van der Waals surface area contributed by atoms with Crippen molar-refractivity contribution in [3.8, 4) is 5.95 Å². The second-order valence-corrected chi connectivity index (χ2v) is 3.97. The van der Waals surface area contributed by atoms with E-state index in [0.717, 1.165) is 0 Å². The quantitative estimate of drug-likeness (QED) is 0.368. The van der Waals surface area contributed by atoms with Gasteiger partial charge in [-0.05, 0) is 6.07 Å². The number of hydrazine groups is 1. The lowest BCUT2D eigenvalue weighted by molar-refractivity contribution is 0.322. The molecule has 90 valence electrons. The maximum Gasteiger partial charge on any atom is 0.256 e. The smallest absolute Gasteiger partial charge is 0.256 e. The first kappa shape index (κ1) is 11.8. The number of nitrogen functional groups attached to an aromatic ring is 1. The van der Waals surface area contributed by atoms with E-state index in [1.165, 1.54) is 16.4 Å². The molecular formula is C8H11N7OS. The fraction of sp³-hybridized carbons (Fsp3) is 0.250. The first-order valence-corrected chi connectivity index (χ1v) is 5.78. The van der Waals surface area contributed by atoms with Gasteiger partial charge in [0.25, 0.3) is 5.95 Å². The number of thioether (sulfide) groups is 1. The summed E-state index contributed by atoms with van der Waals surface area (Å²) in [5.41, 5.74) is 2.37. The minimum atomic E-state index is 0.0544. The number of aliphatic hydroxyl groups excluding tert-OH is 1. The number of nitrogens with two attached hydrogens (primary N) is 1. The van der Waals surface area contributed by atoms with E-state index in [4.69, 9.17) is 10.9 Å². The van der Waals surface area contributed by atoms with Gasteiger partial charge in [-0.15, -0.1) is 0 Å². The van der Waals surface area contributed by atoms with Gasteiger partial charge in [0.2, 0.25) is 5.95 Å². The van der Waals surface area contributed by atoms with Gasteiger partial charge in [-0.1, -0.05) is 11.8 Å². The molecule has 0 unspecified atom stereocenters. The Balaban J connectivity index is 2.32. The Bertz CT molecular complexity index is 475. The number of aliphatic hydroxyl groups is 1. The molecule has 0 spiro atoms. The van der Waals surface area contributed by atoms with Crippen molar-refractivity contribution in [1.29, 1.82) is 0 Å².